The van der Waals surface area contributed by atoms with Crippen molar-refractivity contribution in [2.24, 2.45) is 10.7 Å². The predicted octanol–water partition coefficient (Wildman–Crippen LogP) is 2.71. The van der Waals surface area contributed by atoms with E-state index in [1.165, 1.54) is 50.8 Å². The first-order valence-corrected chi connectivity index (χ1v) is 10.7. The predicted molar refractivity (Wildman–Crippen MR) is 131 cm³/mol. The van der Waals surface area contributed by atoms with E-state index in [9.17, 15) is 0 Å². The summed E-state index contributed by atoms with van der Waals surface area (Å²) in [4.78, 5) is 9.92. The average Bonchev–Trinajstić information content (AvgIpc) is 2.75. The highest BCUT2D eigenvalue weighted by Gasteiger charge is 2.39. The van der Waals surface area contributed by atoms with Gasteiger partial charge < -0.3 is 20.7 Å². The number of ether oxygens (including phenoxy) is 1. The fourth-order valence-corrected chi connectivity index (χ4v) is 4.39. The van der Waals surface area contributed by atoms with Crippen LogP contribution in [0.25, 0.3) is 0 Å². The first-order chi connectivity index (χ1) is 13.6. The molecule has 0 aliphatic carbocycles. The quantitative estimate of drug-likeness (QED) is 0.332. The van der Waals surface area contributed by atoms with Gasteiger partial charge in [-0.25, -0.2) is 0 Å². The maximum absolute atomic E-state index is 6.21. The number of aliphatic imine (C=N–C) groups is 1. The molecular weight excluding hydrogens is 477 g/mol. The van der Waals surface area contributed by atoms with E-state index in [0.29, 0.717) is 5.96 Å². The topological polar surface area (TPSA) is 66.1 Å². The summed E-state index contributed by atoms with van der Waals surface area (Å²) in [6.07, 6.45) is 7.29. The normalized spacial score (nSPS) is 20.7. The Morgan fingerprint density at radius 2 is 1.76 bits per heavy atom. The van der Waals surface area contributed by atoms with Crippen LogP contribution >= 0.6 is 24.0 Å². The molecule has 2 fully saturated rings. The van der Waals surface area contributed by atoms with Gasteiger partial charge in [0.05, 0.1) is 13.7 Å². The maximum atomic E-state index is 6.21. The van der Waals surface area contributed by atoms with Crippen molar-refractivity contribution >= 4 is 29.9 Å². The van der Waals surface area contributed by atoms with Gasteiger partial charge in [0.25, 0.3) is 0 Å². The molecule has 0 spiro atoms. The van der Waals surface area contributed by atoms with Crippen molar-refractivity contribution in [3.05, 3.63) is 29.8 Å². The van der Waals surface area contributed by atoms with Crippen LogP contribution in [0.5, 0.6) is 5.75 Å². The highest BCUT2D eigenvalue weighted by atomic mass is 127. The van der Waals surface area contributed by atoms with Crippen LogP contribution in [0.1, 0.15) is 37.7 Å². The van der Waals surface area contributed by atoms with E-state index in [4.69, 9.17) is 15.5 Å². The summed E-state index contributed by atoms with van der Waals surface area (Å²) < 4.78 is 5.21. The van der Waals surface area contributed by atoms with Crippen LogP contribution in [-0.2, 0) is 6.42 Å². The third-order valence-corrected chi connectivity index (χ3v) is 6.37. The van der Waals surface area contributed by atoms with Crippen molar-refractivity contribution in [1.82, 2.24) is 15.1 Å². The van der Waals surface area contributed by atoms with E-state index in [-0.39, 0.29) is 29.5 Å². The average molecular weight is 515 g/mol. The number of likely N-dealkylation sites (tertiary alicyclic amines) is 2. The van der Waals surface area contributed by atoms with E-state index < -0.39 is 0 Å². The summed E-state index contributed by atoms with van der Waals surface area (Å²) in [6, 6.07) is 8.18. The zero-order valence-corrected chi connectivity index (χ0v) is 20.4. The number of piperidine rings is 2. The number of nitrogens with zero attached hydrogens (tertiary/aromatic N) is 3. The molecule has 0 saturated carbocycles. The fourth-order valence-electron chi connectivity index (χ4n) is 4.39. The lowest BCUT2D eigenvalue weighted by Gasteiger charge is -2.49. The molecule has 164 valence electrons. The molecule has 6 nitrogen and oxygen atoms in total. The van der Waals surface area contributed by atoms with E-state index in [1.54, 1.807) is 7.11 Å². The largest absolute Gasteiger partial charge is 0.497 e. The molecule has 2 saturated heterocycles. The third kappa shape index (κ3) is 7.00. The second-order valence-corrected chi connectivity index (χ2v) is 8.30. The lowest BCUT2D eigenvalue weighted by Crippen LogP contribution is -2.58. The first kappa shape index (κ1) is 24.2. The van der Waals surface area contributed by atoms with Gasteiger partial charge in [0.15, 0.2) is 5.96 Å². The number of methoxy groups -OCH3 is 1. The van der Waals surface area contributed by atoms with E-state index in [2.05, 4.69) is 34.3 Å². The van der Waals surface area contributed by atoms with Crippen molar-refractivity contribution in [3.63, 3.8) is 0 Å². The van der Waals surface area contributed by atoms with Crippen molar-refractivity contribution in [1.29, 1.82) is 0 Å². The first-order valence-electron chi connectivity index (χ1n) is 10.7. The molecule has 1 aromatic rings. The van der Waals surface area contributed by atoms with Crippen LogP contribution in [0.15, 0.2) is 29.3 Å². The van der Waals surface area contributed by atoms with Crippen LogP contribution in [-0.4, -0.2) is 74.7 Å². The minimum atomic E-state index is 0. The Morgan fingerprint density at radius 1 is 1.10 bits per heavy atom. The van der Waals surface area contributed by atoms with Gasteiger partial charge in [0.2, 0.25) is 0 Å². The van der Waals surface area contributed by atoms with E-state index >= 15 is 0 Å². The molecule has 0 unspecified atom stereocenters. The lowest BCUT2D eigenvalue weighted by atomic mass is 9.84. The van der Waals surface area contributed by atoms with Crippen molar-refractivity contribution in [2.75, 3.05) is 53.4 Å². The molecule has 2 aliphatic rings. The van der Waals surface area contributed by atoms with Gasteiger partial charge in [-0.15, -0.1) is 24.0 Å². The van der Waals surface area contributed by atoms with E-state index in [0.717, 1.165) is 38.3 Å². The zero-order valence-electron chi connectivity index (χ0n) is 18.0. The minimum Gasteiger partial charge on any atom is -0.497 e. The van der Waals surface area contributed by atoms with Crippen molar-refractivity contribution in [2.45, 2.75) is 44.1 Å². The Hall–Kier alpha value is -1.06. The number of benzene rings is 1. The number of nitrogens with one attached hydrogen (secondary N) is 1. The Morgan fingerprint density at radius 3 is 2.38 bits per heavy atom. The van der Waals surface area contributed by atoms with Gasteiger partial charge in [-0.05, 0) is 83.0 Å². The summed E-state index contributed by atoms with van der Waals surface area (Å²) in [5.74, 6) is 1.46. The second-order valence-electron chi connectivity index (χ2n) is 8.30. The number of nitrogens with two attached hydrogens (primary N) is 1. The standard InChI is InChI=1S/C22H37N5O.HI/c1-26-16-11-22(12-17-26,27-14-4-3-5-15-27)18-25-21(23)24-13-10-19-6-8-20(28-2)9-7-19;/h6-9H,3-5,10-18H2,1-2H3,(H3,23,24,25);1H. The Balaban J connectivity index is 0.00000300. The number of guanidine groups is 1. The van der Waals surface area contributed by atoms with Crippen molar-refractivity contribution in [3.8, 4) is 5.75 Å². The summed E-state index contributed by atoms with van der Waals surface area (Å²) >= 11 is 0. The number of hydrogen-bond donors (Lipinski definition) is 2. The SMILES string of the molecule is COc1ccc(CCNC(N)=NCC2(N3CCCCC3)CCN(C)CC2)cc1.I. The van der Waals surface area contributed by atoms with Gasteiger partial charge in [-0.2, -0.15) is 0 Å². The Kier molecular flexibility index (Phi) is 9.98. The summed E-state index contributed by atoms with van der Waals surface area (Å²) in [5, 5.41) is 3.30. The van der Waals surface area contributed by atoms with Crippen LogP contribution in [0.2, 0.25) is 0 Å². The molecule has 3 rings (SSSR count). The number of halogens is 1. The van der Waals surface area contributed by atoms with Crippen LogP contribution in [0, 0.1) is 0 Å². The molecule has 29 heavy (non-hydrogen) atoms. The molecule has 0 bridgehead atoms. The fraction of sp³-hybridized carbons (Fsp3) is 0.682. The van der Waals surface area contributed by atoms with Gasteiger partial charge >= 0.3 is 0 Å². The molecular formula is C22H38IN5O. The monoisotopic (exact) mass is 515 g/mol. The molecule has 0 radical (unpaired) electrons. The Labute approximate surface area is 193 Å². The maximum Gasteiger partial charge on any atom is 0.188 e. The van der Waals surface area contributed by atoms with Crippen LogP contribution in [0.4, 0.5) is 0 Å². The highest BCUT2D eigenvalue weighted by Crippen LogP contribution is 2.31. The molecule has 2 aliphatic heterocycles. The summed E-state index contributed by atoms with van der Waals surface area (Å²) in [7, 11) is 3.91. The second kappa shape index (κ2) is 12.0. The van der Waals surface area contributed by atoms with E-state index in [1.807, 2.05) is 12.1 Å². The smallest absolute Gasteiger partial charge is 0.188 e. The summed E-state index contributed by atoms with van der Waals surface area (Å²) in [5.41, 5.74) is 7.66. The molecule has 1 aromatic carbocycles. The van der Waals surface area contributed by atoms with Gasteiger partial charge in [0, 0.05) is 12.1 Å². The molecule has 0 amide bonds. The summed E-state index contributed by atoms with van der Waals surface area (Å²) in [6.45, 7) is 6.32. The van der Waals surface area contributed by atoms with Gasteiger partial charge in [-0.3, -0.25) is 9.89 Å². The minimum absolute atomic E-state index is 0. The number of rotatable bonds is 7. The highest BCUT2D eigenvalue weighted by molar-refractivity contribution is 14.0. The van der Waals surface area contributed by atoms with Crippen molar-refractivity contribution < 1.29 is 4.74 Å². The number of hydrogen-bond acceptors (Lipinski definition) is 4. The molecule has 0 aromatic heterocycles. The van der Waals surface area contributed by atoms with Crippen LogP contribution in [0.3, 0.4) is 0 Å². The van der Waals surface area contributed by atoms with Gasteiger partial charge in [0.1, 0.15) is 5.75 Å². The lowest BCUT2D eigenvalue weighted by molar-refractivity contribution is 0.0208. The molecule has 7 heteroatoms. The molecule has 3 N–H and O–H groups in total. The van der Waals surface area contributed by atoms with Gasteiger partial charge in [-0.1, -0.05) is 18.6 Å². The third-order valence-electron chi connectivity index (χ3n) is 6.37. The molecule has 2 heterocycles. The Bertz CT molecular complexity index is 623. The zero-order chi connectivity index (χ0) is 19.8. The van der Waals surface area contributed by atoms with Crippen LogP contribution < -0.4 is 15.8 Å². The molecule has 0 atom stereocenters.